The third-order valence-corrected chi connectivity index (χ3v) is 7.10. The van der Waals surface area contributed by atoms with Crippen LogP contribution in [0, 0.1) is 0 Å². The van der Waals surface area contributed by atoms with E-state index in [1.807, 2.05) is 25.1 Å². The van der Waals surface area contributed by atoms with Gasteiger partial charge in [0.25, 0.3) is 5.91 Å². The summed E-state index contributed by atoms with van der Waals surface area (Å²) in [5, 5.41) is 2.96. The Kier molecular flexibility index (Phi) is 6.92. The Morgan fingerprint density at radius 3 is 2.48 bits per heavy atom. The highest BCUT2D eigenvalue weighted by atomic mass is 32.2. The molecule has 2 aromatic carbocycles. The van der Waals surface area contributed by atoms with Crippen LogP contribution in [0.5, 0.6) is 5.75 Å². The SMILES string of the molecule is COc1ccc(S(=O)(=O)N2CCCC2)cc1C(=O)NC(C)CCc1ccccc1. The molecule has 0 radical (unpaired) electrons. The number of nitrogens with zero attached hydrogens (tertiary/aromatic N) is 1. The van der Waals surface area contributed by atoms with Crippen molar-refractivity contribution in [3.8, 4) is 5.75 Å². The summed E-state index contributed by atoms with van der Waals surface area (Å²) in [6.07, 6.45) is 3.36. The summed E-state index contributed by atoms with van der Waals surface area (Å²) in [7, 11) is -2.12. The maximum Gasteiger partial charge on any atom is 0.255 e. The molecule has 2 aromatic rings. The number of hydrogen-bond donors (Lipinski definition) is 1. The predicted octanol–water partition coefficient (Wildman–Crippen LogP) is 3.23. The summed E-state index contributed by atoms with van der Waals surface area (Å²) in [4.78, 5) is 13.0. The Morgan fingerprint density at radius 2 is 1.83 bits per heavy atom. The molecule has 1 aliphatic rings. The molecule has 1 N–H and O–H groups in total. The van der Waals surface area contributed by atoms with Crippen molar-refractivity contribution in [2.75, 3.05) is 20.2 Å². The minimum atomic E-state index is -3.60. The number of ether oxygens (including phenoxy) is 1. The number of hydrogen-bond acceptors (Lipinski definition) is 4. The molecule has 0 spiro atoms. The van der Waals surface area contributed by atoms with Gasteiger partial charge in [-0.15, -0.1) is 0 Å². The van der Waals surface area contributed by atoms with E-state index >= 15 is 0 Å². The van der Waals surface area contributed by atoms with Gasteiger partial charge in [-0.25, -0.2) is 8.42 Å². The first kappa shape index (κ1) is 21.3. The monoisotopic (exact) mass is 416 g/mol. The highest BCUT2D eigenvalue weighted by Gasteiger charge is 2.28. The fraction of sp³-hybridized carbons (Fsp3) is 0.409. The van der Waals surface area contributed by atoms with E-state index < -0.39 is 10.0 Å². The molecule has 156 valence electrons. The van der Waals surface area contributed by atoms with Gasteiger partial charge < -0.3 is 10.1 Å². The highest BCUT2D eigenvalue weighted by Crippen LogP contribution is 2.26. The van der Waals surface area contributed by atoms with Crippen molar-refractivity contribution in [1.29, 1.82) is 0 Å². The fourth-order valence-electron chi connectivity index (χ4n) is 3.50. The van der Waals surface area contributed by atoms with Crippen molar-refractivity contribution in [2.24, 2.45) is 0 Å². The standard InChI is InChI=1S/C22H28N2O4S/c1-17(10-11-18-8-4-3-5-9-18)23-22(25)20-16-19(12-13-21(20)28-2)29(26,27)24-14-6-7-15-24/h3-5,8-9,12-13,16-17H,6-7,10-11,14-15H2,1-2H3,(H,23,25). The average Bonchev–Trinajstić information content (AvgIpc) is 3.28. The van der Waals surface area contributed by atoms with Crippen molar-refractivity contribution in [1.82, 2.24) is 9.62 Å². The van der Waals surface area contributed by atoms with Crippen molar-refractivity contribution >= 4 is 15.9 Å². The fourth-order valence-corrected chi connectivity index (χ4v) is 5.05. The lowest BCUT2D eigenvalue weighted by molar-refractivity contribution is 0.0935. The zero-order chi connectivity index (χ0) is 20.9. The Bertz CT molecular complexity index is 939. The van der Waals surface area contributed by atoms with Crippen LogP contribution in [0.2, 0.25) is 0 Å². The Balaban J connectivity index is 1.73. The number of rotatable bonds is 8. The number of amides is 1. The lowest BCUT2D eigenvalue weighted by atomic mass is 10.1. The van der Waals surface area contributed by atoms with Crippen molar-refractivity contribution < 1.29 is 17.9 Å². The molecule has 0 bridgehead atoms. The van der Waals surface area contributed by atoms with Crippen LogP contribution in [0.3, 0.4) is 0 Å². The molecule has 1 unspecified atom stereocenters. The molecule has 0 aromatic heterocycles. The van der Waals surface area contributed by atoms with Crippen LogP contribution in [0.15, 0.2) is 53.4 Å². The maximum absolute atomic E-state index is 12.8. The molecule has 6 nitrogen and oxygen atoms in total. The van der Waals surface area contributed by atoms with Crippen LogP contribution in [-0.2, 0) is 16.4 Å². The van der Waals surface area contributed by atoms with E-state index in [1.165, 1.54) is 29.1 Å². The quantitative estimate of drug-likeness (QED) is 0.717. The van der Waals surface area contributed by atoms with E-state index in [4.69, 9.17) is 4.74 Å². The molecule has 29 heavy (non-hydrogen) atoms. The van der Waals surface area contributed by atoms with Crippen LogP contribution in [0.1, 0.15) is 42.1 Å². The van der Waals surface area contributed by atoms with E-state index in [9.17, 15) is 13.2 Å². The lowest BCUT2D eigenvalue weighted by Gasteiger charge is -2.18. The third-order valence-electron chi connectivity index (χ3n) is 5.20. The van der Waals surface area contributed by atoms with Crippen LogP contribution in [0.25, 0.3) is 0 Å². The normalized spacial score (nSPS) is 15.8. The molecular weight excluding hydrogens is 388 g/mol. The zero-order valence-electron chi connectivity index (χ0n) is 16.9. The van der Waals surface area contributed by atoms with Crippen molar-refractivity contribution in [3.63, 3.8) is 0 Å². The Labute approximate surface area is 172 Å². The van der Waals surface area contributed by atoms with Crippen LogP contribution >= 0.6 is 0 Å². The molecule has 1 fully saturated rings. The molecule has 1 aliphatic heterocycles. The number of benzene rings is 2. The number of carbonyl (C=O) groups is 1. The molecule has 3 rings (SSSR count). The van der Waals surface area contributed by atoms with Crippen LogP contribution < -0.4 is 10.1 Å². The largest absolute Gasteiger partial charge is 0.496 e. The van der Waals surface area contributed by atoms with Gasteiger partial charge in [-0.1, -0.05) is 30.3 Å². The summed E-state index contributed by atoms with van der Waals surface area (Å²) in [5.41, 5.74) is 1.45. The van der Waals surface area contributed by atoms with E-state index in [0.29, 0.717) is 18.8 Å². The van der Waals surface area contributed by atoms with Gasteiger partial charge in [0.1, 0.15) is 5.75 Å². The van der Waals surface area contributed by atoms with Gasteiger partial charge in [-0.05, 0) is 56.4 Å². The van der Waals surface area contributed by atoms with Gasteiger partial charge >= 0.3 is 0 Å². The average molecular weight is 417 g/mol. The second kappa shape index (κ2) is 9.41. The van der Waals surface area contributed by atoms with E-state index in [2.05, 4.69) is 17.4 Å². The molecule has 1 heterocycles. The number of sulfonamides is 1. The van der Waals surface area contributed by atoms with Crippen LogP contribution in [0.4, 0.5) is 0 Å². The molecular formula is C22H28N2O4S. The predicted molar refractivity (Wildman–Crippen MR) is 113 cm³/mol. The topological polar surface area (TPSA) is 75.7 Å². The summed E-state index contributed by atoms with van der Waals surface area (Å²) < 4.78 is 32.5. The minimum absolute atomic E-state index is 0.0637. The molecule has 0 aliphatic carbocycles. The molecule has 1 atom stereocenters. The third kappa shape index (κ3) is 5.16. The van der Waals surface area contributed by atoms with E-state index in [0.717, 1.165) is 25.7 Å². The smallest absolute Gasteiger partial charge is 0.255 e. The van der Waals surface area contributed by atoms with Gasteiger partial charge in [0.05, 0.1) is 17.6 Å². The zero-order valence-corrected chi connectivity index (χ0v) is 17.7. The Morgan fingerprint density at radius 1 is 1.14 bits per heavy atom. The second-order valence-corrected chi connectivity index (χ2v) is 9.31. The summed E-state index contributed by atoms with van der Waals surface area (Å²) in [6.45, 7) is 2.98. The van der Waals surface area contributed by atoms with E-state index in [-0.39, 0.29) is 22.4 Å². The Hall–Kier alpha value is -2.38. The number of methoxy groups -OCH3 is 1. The van der Waals surface area contributed by atoms with Gasteiger partial charge in [-0.3, -0.25) is 4.79 Å². The number of nitrogens with one attached hydrogen (secondary N) is 1. The maximum atomic E-state index is 12.8. The molecule has 7 heteroatoms. The van der Waals surface area contributed by atoms with Gasteiger partial charge in [0.2, 0.25) is 10.0 Å². The molecule has 1 amide bonds. The summed E-state index contributed by atoms with van der Waals surface area (Å²) in [5.74, 6) is 0.0269. The summed E-state index contributed by atoms with van der Waals surface area (Å²) in [6, 6.07) is 14.5. The van der Waals surface area contributed by atoms with Crippen molar-refractivity contribution in [2.45, 2.75) is 43.5 Å². The second-order valence-electron chi connectivity index (χ2n) is 7.37. The number of carbonyl (C=O) groups excluding carboxylic acids is 1. The van der Waals surface area contributed by atoms with Gasteiger partial charge in [0.15, 0.2) is 0 Å². The van der Waals surface area contributed by atoms with Crippen molar-refractivity contribution in [3.05, 3.63) is 59.7 Å². The first-order valence-corrected chi connectivity index (χ1v) is 11.4. The first-order valence-electron chi connectivity index (χ1n) is 9.95. The molecule has 1 saturated heterocycles. The highest BCUT2D eigenvalue weighted by molar-refractivity contribution is 7.89. The van der Waals surface area contributed by atoms with Gasteiger partial charge in [0, 0.05) is 19.1 Å². The van der Waals surface area contributed by atoms with Crippen LogP contribution in [-0.4, -0.2) is 44.9 Å². The number of aryl methyl sites for hydroxylation is 1. The molecule has 0 saturated carbocycles. The van der Waals surface area contributed by atoms with Gasteiger partial charge in [-0.2, -0.15) is 4.31 Å². The van der Waals surface area contributed by atoms with E-state index in [1.54, 1.807) is 6.07 Å². The summed E-state index contributed by atoms with van der Waals surface area (Å²) >= 11 is 0. The first-order chi connectivity index (χ1) is 13.9. The lowest BCUT2D eigenvalue weighted by Crippen LogP contribution is -2.33. The minimum Gasteiger partial charge on any atom is -0.496 e.